The number of nitrogens with zero attached hydrogens (tertiary/aromatic N) is 3. The summed E-state index contributed by atoms with van der Waals surface area (Å²) in [7, 11) is 0. The van der Waals surface area contributed by atoms with Crippen LogP contribution in [0.2, 0.25) is 0 Å². The van der Waals surface area contributed by atoms with Crippen LogP contribution in [0.4, 0.5) is 0 Å². The van der Waals surface area contributed by atoms with Gasteiger partial charge in [0, 0.05) is 16.7 Å². The maximum absolute atomic E-state index is 9.64. The van der Waals surface area contributed by atoms with Crippen LogP contribution in [0.3, 0.4) is 0 Å². The fourth-order valence-corrected chi connectivity index (χ4v) is 5.42. The molecule has 0 saturated carbocycles. The summed E-state index contributed by atoms with van der Waals surface area (Å²) in [5, 5.41) is -3.27. The second kappa shape index (κ2) is 13.4. The Morgan fingerprint density at radius 2 is 0.537 bits per heavy atom. The first-order chi connectivity index (χ1) is 40.5. The van der Waals surface area contributed by atoms with Crippen LogP contribution in [-0.4, -0.2) is 15.0 Å². The molecule has 0 N–H and O–H groups in total. The van der Waals surface area contributed by atoms with Crippen molar-refractivity contribution in [2.75, 3.05) is 0 Å². The van der Waals surface area contributed by atoms with Crippen molar-refractivity contribution in [1.29, 1.82) is 0 Å². The summed E-state index contributed by atoms with van der Waals surface area (Å²) in [6.07, 6.45) is 0. The Hall–Kier alpha value is -7.23. The van der Waals surface area contributed by atoms with Crippen LogP contribution in [-0.2, 0) is 0 Å². The van der Waals surface area contributed by atoms with Crippen LogP contribution >= 0.6 is 0 Å². The van der Waals surface area contributed by atoms with Crippen LogP contribution in [0.5, 0.6) is 0 Å². The van der Waals surface area contributed by atoms with Crippen molar-refractivity contribution in [3.8, 4) is 67.5 Å². The van der Waals surface area contributed by atoms with Gasteiger partial charge in [-0.05, 0) is 77.8 Å². The van der Waals surface area contributed by atoms with E-state index in [1.807, 2.05) is 0 Å². The van der Waals surface area contributed by atoms with E-state index < -0.39 is 299 Å². The van der Waals surface area contributed by atoms with Crippen molar-refractivity contribution in [2.24, 2.45) is 0 Å². The predicted octanol–water partition coefficient (Wildman–Crippen LogP) is 13.3. The smallest absolute Gasteiger partial charge is 0.164 e. The van der Waals surface area contributed by atoms with Crippen molar-refractivity contribution in [3.63, 3.8) is 0 Å². The Bertz CT molecular complexity index is 4750. The van der Waals surface area contributed by atoms with E-state index in [9.17, 15) is 11.0 Å². The Morgan fingerprint density at radius 1 is 0.222 bits per heavy atom. The Labute approximate surface area is 360 Å². The minimum absolute atomic E-state index is 0.484. The molecule has 0 radical (unpaired) electrons. The lowest BCUT2D eigenvalue weighted by atomic mass is 9.92. The van der Waals surface area contributed by atoms with E-state index in [0.29, 0.717) is 0 Å². The maximum atomic E-state index is 9.64. The molecule has 252 valence electrons. The van der Waals surface area contributed by atoms with Gasteiger partial charge in [0.05, 0.1) is 45.2 Å². The summed E-state index contributed by atoms with van der Waals surface area (Å²) >= 11 is 0. The van der Waals surface area contributed by atoms with Crippen molar-refractivity contribution < 1.29 is 45.2 Å². The highest BCUT2D eigenvalue weighted by Crippen LogP contribution is 2.38. The minimum atomic E-state index is -1.17. The minimum Gasteiger partial charge on any atom is -0.208 e. The lowest BCUT2D eigenvalue weighted by Gasteiger charge is -2.12. The molecule has 0 atom stereocenters. The number of aromatic nitrogens is 3. The normalized spacial score (nSPS) is 19.9. The van der Waals surface area contributed by atoms with Gasteiger partial charge in [-0.2, -0.15) is 0 Å². The van der Waals surface area contributed by atoms with E-state index in [0.717, 1.165) is 0 Å². The molecule has 0 aliphatic rings. The molecule has 0 saturated heterocycles. The fourth-order valence-electron chi connectivity index (χ4n) is 5.42. The highest BCUT2D eigenvalue weighted by molar-refractivity contribution is 6.25. The molecule has 0 amide bonds. The summed E-state index contributed by atoms with van der Waals surface area (Å²) in [4.78, 5) is 12.7. The van der Waals surface area contributed by atoms with E-state index in [2.05, 4.69) is 15.0 Å². The second-order valence-corrected chi connectivity index (χ2v) is 11.1. The summed E-state index contributed by atoms with van der Waals surface area (Å²) in [6.45, 7) is 0. The fraction of sp³-hybridized carbons (Fsp3) is 0. The summed E-state index contributed by atoms with van der Waals surface area (Å²) in [5.74, 6) is -2.88. The molecular weight excluding hydrogens is 655 g/mol. The lowest BCUT2D eigenvalue weighted by Crippen LogP contribution is -2.00. The van der Waals surface area contributed by atoms with Gasteiger partial charge in [0.25, 0.3) is 0 Å². The van der Waals surface area contributed by atoms with Gasteiger partial charge < -0.3 is 0 Å². The van der Waals surface area contributed by atoms with Gasteiger partial charge in [0.15, 0.2) is 17.5 Å². The van der Waals surface area contributed by atoms with E-state index in [4.69, 9.17) is 34.3 Å². The van der Waals surface area contributed by atoms with Crippen LogP contribution in [0.25, 0.3) is 99.9 Å². The number of hydrogen-bond acceptors (Lipinski definition) is 3. The Morgan fingerprint density at radius 3 is 1.09 bits per heavy atom. The standard InChI is InChI=1S/C51H33N3/c1-3-12-34(13-4-1)35-26-28-39(29-27-35)50-52-49(38-14-5-2-6-15-38)53-51(54-50)42-17-11-16-40(32-42)36-22-24-37(25-23-36)41-30-31-47-45-20-8-7-18-43(45)44-19-9-10-21-46(44)48(47)33-41/h1-33H/i1D,2D,3D,4D,5D,6D,7D,8D,9D,10D,11D,12D,13D,14D,15D,16D,17D,18D,19D,20D,21D,22D,23D,24D,25D,26D,27D,28D,29D,30D,31D,32D,33D. The van der Waals surface area contributed by atoms with Crippen molar-refractivity contribution in [1.82, 2.24) is 15.0 Å². The highest BCUT2D eigenvalue weighted by Gasteiger charge is 2.14. The van der Waals surface area contributed by atoms with Gasteiger partial charge in [-0.25, -0.2) is 15.0 Å². The summed E-state index contributed by atoms with van der Waals surface area (Å²) in [5.41, 5.74) is -7.88. The van der Waals surface area contributed by atoms with Gasteiger partial charge in [0.1, 0.15) is 0 Å². The molecule has 10 aromatic rings. The zero-order valence-electron chi connectivity index (χ0n) is 59.8. The van der Waals surface area contributed by atoms with Crippen LogP contribution < -0.4 is 0 Å². The molecule has 10 rings (SSSR count). The van der Waals surface area contributed by atoms with Gasteiger partial charge in [-0.1, -0.05) is 187 Å². The third-order valence-electron chi connectivity index (χ3n) is 7.87. The third kappa shape index (κ3) is 5.78. The van der Waals surface area contributed by atoms with Crippen LogP contribution in [0, 0.1) is 0 Å². The van der Waals surface area contributed by atoms with Gasteiger partial charge in [-0.15, -0.1) is 0 Å². The lowest BCUT2D eigenvalue weighted by molar-refractivity contribution is 1.07. The Kier molecular flexibility index (Phi) is 3.08. The molecule has 0 aliphatic heterocycles. The molecular formula is C51H33N3. The predicted molar refractivity (Wildman–Crippen MR) is 225 cm³/mol. The highest BCUT2D eigenvalue weighted by atomic mass is 15.0. The van der Waals surface area contributed by atoms with Crippen molar-refractivity contribution >= 4 is 32.3 Å². The SMILES string of the molecule is [2H]c1c([2H])c([2H])c(-c2nc(-c3c([2H])c([2H])c(-c4c([2H])c([2H])c([2H])c([2H])c4[2H])c([2H])c3[2H])nc(-c3c([2H])c([2H])c([2H])c(-c4c([2H])c([2H])c(-c5c([2H])c([2H])c6c7c([2H])c([2H])c([2H])c([2H])c7c7c([2H])c([2H])c([2H])c([2H])c7c6c5[2H])c([2H])c4[2H])c3[2H])n2)c([2H])c1[2H]. The molecule has 0 aliphatic carbocycles. The van der Waals surface area contributed by atoms with Crippen molar-refractivity contribution in [3.05, 3.63) is 199 Å². The molecule has 3 nitrogen and oxygen atoms in total. The molecule has 1 aromatic heterocycles. The van der Waals surface area contributed by atoms with E-state index in [1.165, 1.54) is 0 Å². The van der Waals surface area contributed by atoms with Crippen LogP contribution in [0.1, 0.15) is 45.2 Å². The van der Waals surface area contributed by atoms with Gasteiger partial charge >= 0.3 is 0 Å². The number of benzene rings is 9. The number of hydrogen-bond donors (Lipinski definition) is 0. The first kappa shape index (κ1) is 12.4. The topological polar surface area (TPSA) is 38.7 Å². The first-order valence-electron chi connectivity index (χ1n) is 32.1. The summed E-state index contributed by atoms with van der Waals surface area (Å²) in [6, 6.07) is -32.2. The van der Waals surface area contributed by atoms with Crippen LogP contribution in [0.15, 0.2) is 199 Å². The zero-order valence-corrected chi connectivity index (χ0v) is 26.8. The molecule has 1 heterocycles. The maximum Gasteiger partial charge on any atom is 0.164 e. The number of fused-ring (bicyclic) bond motifs is 6. The third-order valence-corrected chi connectivity index (χ3v) is 7.87. The zero-order chi connectivity index (χ0) is 64.6. The van der Waals surface area contributed by atoms with Crippen molar-refractivity contribution in [2.45, 2.75) is 0 Å². The summed E-state index contributed by atoms with van der Waals surface area (Å²) < 4.78 is 293. The molecule has 0 bridgehead atoms. The average Bonchev–Trinajstić information content (AvgIpc) is 0.702. The average molecular weight is 721 g/mol. The molecule has 0 unspecified atom stereocenters. The molecule has 0 spiro atoms. The van der Waals surface area contributed by atoms with E-state index in [1.54, 1.807) is 0 Å². The second-order valence-electron chi connectivity index (χ2n) is 11.1. The largest absolute Gasteiger partial charge is 0.208 e. The molecule has 3 heteroatoms. The number of rotatable bonds is 6. The monoisotopic (exact) mass is 720 g/mol. The van der Waals surface area contributed by atoms with E-state index in [-0.39, 0.29) is 0 Å². The van der Waals surface area contributed by atoms with E-state index >= 15 is 0 Å². The molecule has 54 heavy (non-hydrogen) atoms. The Balaban J connectivity index is 1.28. The molecule has 0 fully saturated rings. The van der Waals surface area contributed by atoms with Gasteiger partial charge in [0.2, 0.25) is 0 Å². The molecule has 9 aromatic carbocycles. The first-order valence-corrected chi connectivity index (χ1v) is 15.6. The van der Waals surface area contributed by atoms with Gasteiger partial charge in [-0.3, -0.25) is 0 Å². The quantitative estimate of drug-likeness (QED) is 0.161.